The summed E-state index contributed by atoms with van der Waals surface area (Å²) in [5, 5.41) is 14.0. The van der Waals surface area contributed by atoms with Crippen LogP contribution in [0.2, 0.25) is 0 Å². The summed E-state index contributed by atoms with van der Waals surface area (Å²) in [6.07, 6.45) is 4.09. The number of ether oxygens (including phenoxy) is 1. The summed E-state index contributed by atoms with van der Waals surface area (Å²) >= 11 is 0. The second-order valence-corrected chi connectivity index (χ2v) is 5.12. The van der Waals surface area contributed by atoms with Crippen molar-refractivity contribution in [2.75, 3.05) is 7.11 Å². The Hall–Kier alpha value is -1.79. The number of methoxy groups -OCH3 is 1. The molecule has 0 spiro atoms. The zero-order chi connectivity index (χ0) is 15.1. The standard InChI is InChI=1S/C13H22N2O5/c1-8(9-5-3-4-6-9)14-13(19)15-10(12(17)18)7-11(16)20-2/h8-10H,3-7H2,1-2H3,(H,17,18)(H2,14,15,19)/t8?,10-/m0/s1. The van der Waals surface area contributed by atoms with Gasteiger partial charge in [-0.05, 0) is 25.7 Å². The number of carbonyl (C=O) groups is 3. The van der Waals surface area contributed by atoms with Crippen molar-refractivity contribution >= 4 is 18.0 Å². The van der Waals surface area contributed by atoms with Crippen molar-refractivity contribution in [3.8, 4) is 0 Å². The molecule has 1 aliphatic carbocycles. The molecule has 1 unspecified atom stereocenters. The average molecular weight is 286 g/mol. The SMILES string of the molecule is COC(=O)C[C@H](NC(=O)NC(C)C1CCCC1)C(=O)O. The highest BCUT2D eigenvalue weighted by molar-refractivity contribution is 5.86. The van der Waals surface area contributed by atoms with Gasteiger partial charge in [0.2, 0.25) is 0 Å². The van der Waals surface area contributed by atoms with Crippen LogP contribution in [-0.2, 0) is 14.3 Å². The van der Waals surface area contributed by atoms with E-state index in [1.165, 1.54) is 20.0 Å². The van der Waals surface area contributed by atoms with Crippen molar-refractivity contribution in [2.24, 2.45) is 5.92 Å². The van der Waals surface area contributed by atoms with E-state index in [2.05, 4.69) is 15.4 Å². The van der Waals surface area contributed by atoms with Gasteiger partial charge >= 0.3 is 18.0 Å². The second kappa shape index (κ2) is 7.72. The predicted octanol–water partition coefficient (Wildman–Crippen LogP) is 0.881. The van der Waals surface area contributed by atoms with Crippen LogP contribution in [-0.4, -0.2) is 42.3 Å². The Bertz CT molecular complexity index is 366. The van der Waals surface area contributed by atoms with Gasteiger partial charge in [-0.15, -0.1) is 0 Å². The molecule has 20 heavy (non-hydrogen) atoms. The number of esters is 1. The van der Waals surface area contributed by atoms with E-state index < -0.39 is 30.4 Å². The fourth-order valence-electron chi connectivity index (χ4n) is 2.43. The minimum atomic E-state index is -1.28. The van der Waals surface area contributed by atoms with Crippen molar-refractivity contribution < 1.29 is 24.2 Å². The molecule has 7 nitrogen and oxygen atoms in total. The summed E-state index contributed by atoms with van der Waals surface area (Å²) in [5.74, 6) is -1.51. The summed E-state index contributed by atoms with van der Waals surface area (Å²) in [5.41, 5.74) is 0. The number of carbonyl (C=O) groups excluding carboxylic acids is 2. The summed E-state index contributed by atoms with van der Waals surface area (Å²) in [6.45, 7) is 1.91. The van der Waals surface area contributed by atoms with Gasteiger partial charge in [-0.2, -0.15) is 0 Å². The van der Waals surface area contributed by atoms with Crippen molar-refractivity contribution in [3.63, 3.8) is 0 Å². The number of rotatable bonds is 6. The van der Waals surface area contributed by atoms with Crippen LogP contribution in [0.4, 0.5) is 4.79 Å². The lowest BCUT2D eigenvalue weighted by Crippen LogP contribution is -2.50. The van der Waals surface area contributed by atoms with E-state index in [0.717, 1.165) is 12.8 Å². The third-order valence-electron chi connectivity index (χ3n) is 3.67. The molecule has 1 saturated carbocycles. The zero-order valence-electron chi connectivity index (χ0n) is 11.8. The Morgan fingerprint density at radius 3 is 2.35 bits per heavy atom. The molecule has 2 amide bonds. The quantitative estimate of drug-likeness (QED) is 0.629. The van der Waals surface area contributed by atoms with Gasteiger partial charge in [0.1, 0.15) is 6.04 Å². The van der Waals surface area contributed by atoms with Crippen LogP contribution in [0, 0.1) is 5.92 Å². The van der Waals surface area contributed by atoms with E-state index in [4.69, 9.17) is 5.11 Å². The van der Waals surface area contributed by atoms with Gasteiger partial charge in [-0.3, -0.25) is 4.79 Å². The zero-order valence-corrected chi connectivity index (χ0v) is 11.8. The molecule has 0 heterocycles. The van der Waals surface area contributed by atoms with Crippen LogP contribution in [0.5, 0.6) is 0 Å². The fourth-order valence-corrected chi connectivity index (χ4v) is 2.43. The van der Waals surface area contributed by atoms with Crippen LogP contribution in [0.15, 0.2) is 0 Å². The Kier molecular flexibility index (Phi) is 6.27. The highest BCUT2D eigenvalue weighted by Crippen LogP contribution is 2.27. The van der Waals surface area contributed by atoms with Gasteiger partial charge in [0, 0.05) is 6.04 Å². The molecule has 1 fully saturated rings. The van der Waals surface area contributed by atoms with E-state index >= 15 is 0 Å². The first-order valence-electron chi connectivity index (χ1n) is 6.80. The Balaban J connectivity index is 2.44. The van der Waals surface area contributed by atoms with E-state index in [1.54, 1.807) is 0 Å². The van der Waals surface area contributed by atoms with Crippen LogP contribution < -0.4 is 10.6 Å². The lowest BCUT2D eigenvalue weighted by atomic mass is 10.0. The number of carboxylic acid groups (broad SMARTS) is 1. The minimum absolute atomic E-state index is 0.00919. The van der Waals surface area contributed by atoms with Crippen molar-refractivity contribution in [2.45, 2.75) is 51.1 Å². The largest absolute Gasteiger partial charge is 0.480 e. The average Bonchev–Trinajstić information content (AvgIpc) is 2.91. The van der Waals surface area contributed by atoms with Crippen molar-refractivity contribution in [3.05, 3.63) is 0 Å². The fraction of sp³-hybridized carbons (Fsp3) is 0.769. The van der Waals surface area contributed by atoms with Crippen LogP contribution in [0.3, 0.4) is 0 Å². The molecule has 0 bridgehead atoms. The lowest BCUT2D eigenvalue weighted by molar-refractivity contribution is -0.147. The number of hydrogen-bond donors (Lipinski definition) is 3. The normalized spacial score (nSPS) is 18.1. The number of hydrogen-bond acceptors (Lipinski definition) is 4. The molecule has 0 aromatic rings. The van der Waals surface area contributed by atoms with Crippen LogP contribution in [0.25, 0.3) is 0 Å². The molecule has 0 aromatic heterocycles. The Morgan fingerprint density at radius 1 is 1.25 bits per heavy atom. The van der Waals surface area contributed by atoms with Gasteiger partial charge in [0.15, 0.2) is 0 Å². The Labute approximate surface area is 118 Å². The molecule has 2 atom stereocenters. The van der Waals surface area contributed by atoms with E-state index in [-0.39, 0.29) is 6.04 Å². The highest BCUT2D eigenvalue weighted by atomic mass is 16.5. The molecule has 114 valence electrons. The monoisotopic (exact) mass is 286 g/mol. The molecule has 1 aliphatic rings. The molecule has 1 rings (SSSR count). The van der Waals surface area contributed by atoms with Crippen molar-refractivity contribution in [1.29, 1.82) is 0 Å². The summed E-state index contributed by atoms with van der Waals surface area (Å²) in [6, 6.07) is -1.86. The smallest absolute Gasteiger partial charge is 0.326 e. The third kappa shape index (κ3) is 5.07. The first kappa shape index (κ1) is 16.3. The predicted molar refractivity (Wildman–Crippen MR) is 71.1 cm³/mol. The number of aliphatic carboxylic acids is 1. The molecule has 3 N–H and O–H groups in total. The van der Waals surface area contributed by atoms with E-state index in [0.29, 0.717) is 5.92 Å². The van der Waals surface area contributed by atoms with Crippen LogP contribution >= 0.6 is 0 Å². The first-order valence-corrected chi connectivity index (χ1v) is 6.80. The summed E-state index contributed by atoms with van der Waals surface area (Å²) in [7, 11) is 1.17. The van der Waals surface area contributed by atoms with E-state index in [9.17, 15) is 14.4 Å². The molecule has 7 heteroatoms. The molecular weight excluding hydrogens is 264 g/mol. The van der Waals surface area contributed by atoms with Gasteiger partial charge in [0.05, 0.1) is 13.5 Å². The minimum Gasteiger partial charge on any atom is -0.480 e. The molecule has 0 aliphatic heterocycles. The maximum Gasteiger partial charge on any atom is 0.326 e. The van der Waals surface area contributed by atoms with E-state index in [1.807, 2.05) is 6.92 Å². The third-order valence-corrected chi connectivity index (χ3v) is 3.67. The Morgan fingerprint density at radius 2 is 1.85 bits per heavy atom. The first-order chi connectivity index (χ1) is 9.43. The second-order valence-electron chi connectivity index (χ2n) is 5.12. The van der Waals surface area contributed by atoms with Crippen LogP contribution in [0.1, 0.15) is 39.0 Å². The van der Waals surface area contributed by atoms with Crippen molar-refractivity contribution in [1.82, 2.24) is 10.6 Å². The lowest BCUT2D eigenvalue weighted by Gasteiger charge is -2.22. The maximum atomic E-state index is 11.8. The summed E-state index contributed by atoms with van der Waals surface area (Å²) in [4.78, 5) is 33.8. The summed E-state index contributed by atoms with van der Waals surface area (Å²) < 4.78 is 4.40. The molecular formula is C13H22N2O5. The highest BCUT2D eigenvalue weighted by Gasteiger charge is 2.26. The molecule has 0 radical (unpaired) electrons. The van der Waals surface area contributed by atoms with Gasteiger partial charge in [-0.1, -0.05) is 12.8 Å². The maximum absolute atomic E-state index is 11.8. The number of urea groups is 1. The number of carboxylic acids is 1. The number of nitrogens with one attached hydrogen (secondary N) is 2. The van der Waals surface area contributed by atoms with Gasteiger partial charge in [0.25, 0.3) is 0 Å². The number of amides is 2. The molecule has 0 aromatic carbocycles. The molecule has 0 saturated heterocycles. The topological polar surface area (TPSA) is 105 Å². The van der Waals surface area contributed by atoms with Gasteiger partial charge < -0.3 is 20.5 Å². The van der Waals surface area contributed by atoms with Gasteiger partial charge in [-0.25, -0.2) is 9.59 Å².